The minimum absolute atomic E-state index is 0.00778. The summed E-state index contributed by atoms with van der Waals surface area (Å²) >= 11 is 0. The minimum atomic E-state index is -0.439. The van der Waals surface area contributed by atoms with Gasteiger partial charge in [-0.15, -0.1) is 0 Å². The second-order valence-corrected chi connectivity index (χ2v) is 18.9. The van der Waals surface area contributed by atoms with Gasteiger partial charge in [0.1, 0.15) is 12.6 Å². The van der Waals surface area contributed by atoms with Gasteiger partial charge in [-0.05, 0) is 130 Å². The van der Waals surface area contributed by atoms with E-state index < -0.39 is 5.97 Å². The van der Waals surface area contributed by atoms with Gasteiger partial charge in [-0.1, -0.05) is 66.0 Å². The van der Waals surface area contributed by atoms with Gasteiger partial charge in [0.15, 0.2) is 0 Å². The van der Waals surface area contributed by atoms with Crippen LogP contribution in [0.3, 0.4) is 0 Å². The second-order valence-electron chi connectivity index (χ2n) is 18.9. The van der Waals surface area contributed by atoms with Gasteiger partial charge in [-0.25, -0.2) is 0 Å². The van der Waals surface area contributed by atoms with Crippen LogP contribution in [-0.2, 0) is 28.7 Å². The van der Waals surface area contributed by atoms with Gasteiger partial charge >= 0.3 is 11.9 Å². The van der Waals surface area contributed by atoms with Crippen molar-refractivity contribution in [1.29, 1.82) is 0 Å². The Bertz CT molecular complexity index is 1340. The summed E-state index contributed by atoms with van der Waals surface area (Å²) in [5.74, 6) is 1.99. The third kappa shape index (κ3) is 7.04. The Balaban J connectivity index is 1.23. The van der Waals surface area contributed by atoms with E-state index in [9.17, 15) is 19.2 Å². The highest BCUT2D eigenvalue weighted by atomic mass is 16.5. The highest BCUT2D eigenvalue weighted by molar-refractivity contribution is 5.84. The van der Waals surface area contributed by atoms with Crippen LogP contribution in [0.1, 0.15) is 151 Å². The van der Waals surface area contributed by atoms with E-state index in [0.29, 0.717) is 42.6 Å². The van der Waals surface area contributed by atoms with Gasteiger partial charge in [-0.3, -0.25) is 19.2 Å². The first-order valence-electron chi connectivity index (χ1n) is 20.4. The molecule has 0 aliphatic heterocycles. The van der Waals surface area contributed by atoms with E-state index in [4.69, 9.17) is 4.74 Å². The predicted molar refractivity (Wildman–Crippen MR) is 200 cm³/mol. The Hall–Kier alpha value is -2.38. The van der Waals surface area contributed by atoms with Crippen molar-refractivity contribution in [1.82, 2.24) is 10.6 Å². The van der Waals surface area contributed by atoms with Gasteiger partial charge in [0.05, 0.1) is 12.5 Å². The standard InChI is InChI=1S/C43H70N2O6/c1-28(2)30-18-23-43(38(49)44-26-14-12-10-11-13-15-35(47)45-27-36(48)50-9)25-24-41(7)31(37(30)43)16-17-33-40(6)21-20-34(51-29(3)46)39(4,5)32(40)19-22-42(33,41)8/h30-34,37H,1,10-27H2,2-9H3,(H,44,49)(H,45,47)/t30-,31+,32-,33?,34-,37+,40-,41+,42+,43-/m0/s1. The monoisotopic (exact) mass is 711 g/mol. The van der Waals surface area contributed by atoms with Crippen LogP contribution in [0.5, 0.6) is 0 Å². The lowest BCUT2D eigenvalue weighted by molar-refractivity contribution is -0.248. The number of carbonyl (C=O) groups excluding carboxylic acids is 4. The highest BCUT2D eigenvalue weighted by Crippen LogP contribution is 2.77. The maximum Gasteiger partial charge on any atom is 0.325 e. The number of fused-ring (bicyclic) bond motifs is 7. The van der Waals surface area contributed by atoms with Crippen molar-refractivity contribution in [2.24, 2.45) is 56.7 Å². The zero-order chi connectivity index (χ0) is 37.4. The number of rotatable bonds is 13. The molecule has 5 saturated carbocycles. The van der Waals surface area contributed by atoms with Gasteiger partial charge in [0.2, 0.25) is 11.8 Å². The van der Waals surface area contributed by atoms with Gasteiger partial charge in [0, 0.05) is 25.3 Å². The number of nitrogens with one attached hydrogen (secondary N) is 2. The molecule has 5 fully saturated rings. The van der Waals surface area contributed by atoms with Gasteiger partial charge < -0.3 is 20.1 Å². The van der Waals surface area contributed by atoms with Crippen LogP contribution in [0.15, 0.2) is 12.2 Å². The van der Waals surface area contributed by atoms with Crippen molar-refractivity contribution in [3.8, 4) is 0 Å². The molecule has 2 N–H and O–H groups in total. The van der Waals surface area contributed by atoms with Crippen LogP contribution in [0.4, 0.5) is 0 Å². The smallest absolute Gasteiger partial charge is 0.325 e. The Morgan fingerprint density at radius 3 is 2.14 bits per heavy atom. The first-order chi connectivity index (χ1) is 24.0. The molecule has 5 aliphatic carbocycles. The average molecular weight is 711 g/mol. The summed E-state index contributed by atoms with van der Waals surface area (Å²) in [5.41, 5.74) is 1.50. The Morgan fingerprint density at radius 1 is 0.745 bits per heavy atom. The molecule has 5 aliphatic rings. The summed E-state index contributed by atoms with van der Waals surface area (Å²) in [6.07, 6.45) is 16.1. The molecule has 0 aromatic heterocycles. The van der Waals surface area contributed by atoms with E-state index in [1.54, 1.807) is 6.92 Å². The molecule has 0 heterocycles. The molecule has 1 unspecified atom stereocenters. The Morgan fingerprint density at radius 2 is 1.45 bits per heavy atom. The van der Waals surface area contributed by atoms with Crippen LogP contribution in [0.2, 0.25) is 0 Å². The van der Waals surface area contributed by atoms with Crippen LogP contribution >= 0.6 is 0 Å². The summed E-state index contributed by atoms with van der Waals surface area (Å²) in [4.78, 5) is 49.6. The fourth-order valence-corrected chi connectivity index (χ4v) is 13.6. The normalized spacial score (nSPS) is 39.3. The molecular weight excluding hydrogens is 640 g/mol. The maximum absolute atomic E-state index is 14.4. The number of ether oxygens (including phenoxy) is 2. The van der Waals surface area contributed by atoms with Crippen LogP contribution in [-0.4, -0.2) is 50.1 Å². The fraction of sp³-hybridized carbons (Fsp3) is 0.860. The fourth-order valence-electron chi connectivity index (χ4n) is 13.6. The number of hydrogen-bond acceptors (Lipinski definition) is 6. The molecule has 0 aromatic rings. The van der Waals surface area contributed by atoms with E-state index in [1.165, 1.54) is 38.4 Å². The van der Waals surface area contributed by atoms with E-state index in [0.717, 1.165) is 70.6 Å². The van der Waals surface area contributed by atoms with Crippen molar-refractivity contribution in [3.05, 3.63) is 12.2 Å². The third-order valence-corrected chi connectivity index (χ3v) is 16.3. The molecule has 0 bridgehead atoms. The molecular formula is C43H70N2O6. The molecule has 5 rings (SSSR count). The summed E-state index contributed by atoms with van der Waals surface area (Å²) in [7, 11) is 1.31. The van der Waals surface area contributed by atoms with E-state index in [2.05, 4.69) is 63.5 Å². The summed E-state index contributed by atoms with van der Waals surface area (Å²) in [6, 6.07) is 0. The molecule has 51 heavy (non-hydrogen) atoms. The van der Waals surface area contributed by atoms with Crippen molar-refractivity contribution >= 4 is 23.8 Å². The molecule has 8 heteroatoms. The van der Waals surface area contributed by atoms with Crippen molar-refractivity contribution in [2.75, 3.05) is 20.2 Å². The second kappa shape index (κ2) is 15.2. The number of allylic oxidation sites excluding steroid dienone is 1. The number of esters is 2. The summed E-state index contributed by atoms with van der Waals surface area (Å²) in [6.45, 7) is 21.5. The maximum atomic E-state index is 14.4. The number of unbranched alkanes of at least 4 members (excludes halogenated alkanes) is 4. The highest BCUT2D eigenvalue weighted by Gasteiger charge is 2.72. The Kier molecular flexibility index (Phi) is 11.8. The lowest BCUT2D eigenvalue weighted by Gasteiger charge is -2.72. The molecule has 10 atom stereocenters. The summed E-state index contributed by atoms with van der Waals surface area (Å²) < 4.78 is 10.5. The SMILES string of the molecule is C=C(C)[C@@H]1CC[C@]2(C(=O)NCCCCCCCC(=O)NCC(=O)OC)CC[C@]3(C)[C@H](CCC4[C@@]5(C)CC[C@H](OC(C)=O)C(C)(C)[C@@H]5CC[C@]43C)[C@@H]12. The zero-order valence-electron chi connectivity index (χ0n) is 33.3. The van der Waals surface area contributed by atoms with Crippen molar-refractivity contribution in [2.45, 2.75) is 157 Å². The van der Waals surface area contributed by atoms with Gasteiger partial charge in [0.25, 0.3) is 0 Å². The number of methoxy groups -OCH3 is 1. The molecule has 8 nitrogen and oxygen atoms in total. The predicted octanol–water partition coefficient (Wildman–Crippen LogP) is 8.32. The number of hydrogen-bond donors (Lipinski definition) is 2. The number of carbonyl (C=O) groups is 4. The van der Waals surface area contributed by atoms with E-state index in [-0.39, 0.29) is 57.5 Å². The molecule has 0 saturated heterocycles. The lowest BCUT2D eigenvalue weighted by Crippen LogP contribution is -2.67. The Labute approximate surface area is 308 Å². The van der Waals surface area contributed by atoms with Crippen LogP contribution < -0.4 is 10.6 Å². The van der Waals surface area contributed by atoms with Crippen molar-refractivity contribution in [3.63, 3.8) is 0 Å². The zero-order valence-corrected chi connectivity index (χ0v) is 33.3. The molecule has 0 radical (unpaired) electrons. The average Bonchev–Trinajstić information content (AvgIpc) is 3.47. The van der Waals surface area contributed by atoms with Crippen LogP contribution in [0.25, 0.3) is 0 Å². The molecule has 0 spiro atoms. The minimum Gasteiger partial charge on any atom is -0.468 e. The van der Waals surface area contributed by atoms with E-state index in [1.807, 2.05) is 0 Å². The van der Waals surface area contributed by atoms with E-state index >= 15 is 0 Å². The quantitative estimate of drug-likeness (QED) is 0.113. The molecule has 0 aromatic carbocycles. The molecule has 2 amide bonds. The van der Waals surface area contributed by atoms with Crippen LogP contribution in [0, 0.1) is 56.7 Å². The summed E-state index contributed by atoms with van der Waals surface area (Å²) in [5, 5.41) is 6.04. The number of amides is 2. The largest absolute Gasteiger partial charge is 0.468 e. The third-order valence-electron chi connectivity index (χ3n) is 16.3. The first kappa shape index (κ1) is 39.8. The first-order valence-corrected chi connectivity index (χ1v) is 20.4. The van der Waals surface area contributed by atoms with Crippen molar-refractivity contribution < 1.29 is 28.7 Å². The van der Waals surface area contributed by atoms with Gasteiger partial charge in [-0.2, -0.15) is 0 Å². The topological polar surface area (TPSA) is 111 Å². The molecule has 288 valence electrons. The lowest BCUT2D eigenvalue weighted by atomic mass is 9.32.